The van der Waals surface area contributed by atoms with Gasteiger partial charge >= 0.3 is 0 Å². The van der Waals surface area contributed by atoms with Crippen LogP contribution in [0.2, 0.25) is 5.02 Å². The van der Waals surface area contributed by atoms with E-state index in [2.05, 4.69) is 5.32 Å². The lowest BCUT2D eigenvalue weighted by atomic mass is 10.2. The van der Waals surface area contributed by atoms with Crippen LogP contribution in [0.15, 0.2) is 42.5 Å². The van der Waals surface area contributed by atoms with Crippen LogP contribution >= 0.6 is 11.6 Å². The van der Waals surface area contributed by atoms with Crippen molar-refractivity contribution in [2.75, 3.05) is 18.9 Å². The Morgan fingerprint density at radius 1 is 1.29 bits per heavy atom. The highest BCUT2D eigenvalue weighted by Gasteiger charge is 2.13. The van der Waals surface area contributed by atoms with Gasteiger partial charge in [0.15, 0.2) is 5.82 Å². The zero-order valence-corrected chi connectivity index (χ0v) is 11.9. The van der Waals surface area contributed by atoms with Gasteiger partial charge in [-0.1, -0.05) is 23.7 Å². The molecule has 6 heteroatoms. The van der Waals surface area contributed by atoms with E-state index in [1.54, 1.807) is 24.3 Å². The number of carbonyl (C=O) groups is 1. The van der Waals surface area contributed by atoms with E-state index in [1.807, 2.05) is 0 Å². The highest BCUT2D eigenvalue weighted by molar-refractivity contribution is 6.31. The van der Waals surface area contributed by atoms with Crippen LogP contribution in [0.3, 0.4) is 0 Å². The first-order valence-corrected chi connectivity index (χ1v) is 6.66. The summed E-state index contributed by atoms with van der Waals surface area (Å²) in [5, 5.41) is 2.47. The number of halogens is 2. The van der Waals surface area contributed by atoms with E-state index >= 15 is 0 Å². The van der Waals surface area contributed by atoms with Gasteiger partial charge in [-0.05, 0) is 24.3 Å². The number of rotatable bonds is 5. The maximum atomic E-state index is 13.6. The van der Waals surface area contributed by atoms with Crippen molar-refractivity contribution in [3.05, 3.63) is 58.9 Å². The van der Waals surface area contributed by atoms with Crippen LogP contribution in [-0.4, -0.2) is 19.1 Å². The third kappa shape index (κ3) is 4.10. The van der Waals surface area contributed by atoms with Gasteiger partial charge in [-0.2, -0.15) is 0 Å². The molecule has 0 atom stereocenters. The van der Waals surface area contributed by atoms with Crippen molar-refractivity contribution in [1.82, 2.24) is 5.32 Å². The Balaban J connectivity index is 1.83. The predicted octanol–water partition coefficient (Wildman–Crippen LogP) is 2.87. The molecule has 1 amide bonds. The van der Waals surface area contributed by atoms with Crippen molar-refractivity contribution in [2.24, 2.45) is 0 Å². The molecule has 0 heterocycles. The first-order chi connectivity index (χ1) is 10.1. The van der Waals surface area contributed by atoms with Crippen LogP contribution in [0, 0.1) is 5.82 Å². The lowest BCUT2D eigenvalue weighted by molar-refractivity contribution is 0.0943. The predicted molar refractivity (Wildman–Crippen MR) is 80.1 cm³/mol. The molecule has 4 nitrogen and oxygen atoms in total. The summed E-state index contributed by atoms with van der Waals surface area (Å²) < 4.78 is 19.0. The normalized spacial score (nSPS) is 10.2. The fraction of sp³-hybridized carbons (Fsp3) is 0.133. The highest BCUT2D eigenvalue weighted by atomic mass is 35.5. The number of ether oxygens (including phenoxy) is 1. The molecule has 21 heavy (non-hydrogen) atoms. The Morgan fingerprint density at radius 3 is 2.81 bits per heavy atom. The molecule has 0 aliphatic rings. The number of hydrogen-bond acceptors (Lipinski definition) is 3. The SMILES string of the molecule is Nc1cccc(OCCNC(=O)c2cccc(Cl)c2F)c1. The molecule has 0 aliphatic carbocycles. The number of benzene rings is 2. The fourth-order valence-corrected chi connectivity index (χ4v) is 1.89. The van der Waals surface area contributed by atoms with E-state index < -0.39 is 11.7 Å². The molecule has 3 N–H and O–H groups in total. The van der Waals surface area contributed by atoms with Crippen molar-refractivity contribution >= 4 is 23.2 Å². The van der Waals surface area contributed by atoms with Crippen LogP contribution < -0.4 is 15.8 Å². The number of carbonyl (C=O) groups excluding carboxylic acids is 1. The molecule has 2 rings (SSSR count). The monoisotopic (exact) mass is 308 g/mol. The largest absolute Gasteiger partial charge is 0.492 e. The molecule has 110 valence electrons. The van der Waals surface area contributed by atoms with E-state index in [-0.39, 0.29) is 23.7 Å². The molecule has 2 aromatic rings. The number of amides is 1. The van der Waals surface area contributed by atoms with Crippen LogP contribution in [0.5, 0.6) is 5.75 Å². The Labute approximate surface area is 126 Å². The lowest BCUT2D eigenvalue weighted by Gasteiger charge is -2.09. The summed E-state index contributed by atoms with van der Waals surface area (Å²) in [5.41, 5.74) is 6.12. The van der Waals surface area contributed by atoms with Gasteiger partial charge in [0.05, 0.1) is 17.1 Å². The number of hydrogen-bond donors (Lipinski definition) is 2. The summed E-state index contributed by atoms with van der Waals surface area (Å²) in [6.45, 7) is 0.483. The molecule has 0 fully saturated rings. The highest BCUT2D eigenvalue weighted by Crippen LogP contribution is 2.17. The maximum Gasteiger partial charge on any atom is 0.254 e. The van der Waals surface area contributed by atoms with Gasteiger partial charge in [0.2, 0.25) is 0 Å². The molecule has 2 aromatic carbocycles. The fourth-order valence-electron chi connectivity index (χ4n) is 1.71. The molecule has 0 radical (unpaired) electrons. The van der Waals surface area contributed by atoms with Gasteiger partial charge in [-0.25, -0.2) is 4.39 Å². The van der Waals surface area contributed by atoms with Crippen molar-refractivity contribution in [2.45, 2.75) is 0 Å². The second kappa shape index (κ2) is 6.95. The molecule has 0 saturated heterocycles. The van der Waals surface area contributed by atoms with Gasteiger partial charge in [0.1, 0.15) is 12.4 Å². The van der Waals surface area contributed by atoms with E-state index in [1.165, 1.54) is 18.2 Å². The summed E-state index contributed by atoms with van der Waals surface area (Å²) in [5.74, 6) is -0.655. The van der Waals surface area contributed by atoms with Crippen LogP contribution in [0.4, 0.5) is 10.1 Å². The minimum Gasteiger partial charge on any atom is -0.492 e. The lowest BCUT2D eigenvalue weighted by Crippen LogP contribution is -2.28. The van der Waals surface area contributed by atoms with E-state index in [4.69, 9.17) is 22.1 Å². The van der Waals surface area contributed by atoms with Crippen molar-refractivity contribution in [3.8, 4) is 5.75 Å². The molecule has 0 spiro atoms. The number of nitrogens with one attached hydrogen (secondary N) is 1. The van der Waals surface area contributed by atoms with Crippen molar-refractivity contribution in [3.63, 3.8) is 0 Å². The summed E-state index contributed by atoms with van der Waals surface area (Å²) in [7, 11) is 0. The first-order valence-electron chi connectivity index (χ1n) is 6.28. The zero-order valence-electron chi connectivity index (χ0n) is 11.1. The molecule has 0 aromatic heterocycles. The zero-order chi connectivity index (χ0) is 15.2. The van der Waals surface area contributed by atoms with Crippen LogP contribution in [0.1, 0.15) is 10.4 Å². The second-order valence-electron chi connectivity index (χ2n) is 4.28. The second-order valence-corrected chi connectivity index (χ2v) is 4.69. The topological polar surface area (TPSA) is 64.3 Å². The minimum absolute atomic E-state index is 0.0846. The Kier molecular flexibility index (Phi) is 5.00. The minimum atomic E-state index is -0.728. The van der Waals surface area contributed by atoms with Crippen molar-refractivity contribution in [1.29, 1.82) is 0 Å². The molecular weight excluding hydrogens is 295 g/mol. The summed E-state index contributed by atoms with van der Waals surface area (Å²) in [6.07, 6.45) is 0. The molecule has 0 saturated carbocycles. The van der Waals surface area contributed by atoms with Gasteiger partial charge in [-0.3, -0.25) is 4.79 Å². The van der Waals surface area contributed by atoms with Gasteiger partial charge in [0.25, 0.3) is 5.91 Å². The van der Waals surface area contributed by atoms with Gasteiger partial charge < -0.3 is 15.8 Å². The quantitative estimate of drug-likeness (QED) is 0.659. The Hall–Kier alpha value is -2.27. The van der Waals surface area contributed by atoms with Gasteiger partial charge in [-0.15, -0.1) is 0 Å². The smallest absolute Gasteiger partial charge is 0.254 e. The summed E-state index contributed by atoms with van der Waals surface area (Å²) in [6, 6.07) is 11.2. The van der Waals surface area contributed by atoms with Crippen molar-refractivity contribution < 1.29 is 13.9 Å². The number of nitrogens with two attached hydrogens (primary N) is 1. The third-order valence-electron chi connectivity index (χ3n) is 2.71. The van der Waals surface area contributed by atoms with Crippen LogP contribution in [0.25, 0.3) is 0 Å². The van der Waals surface area contributed by atoms with E-state index in [0.717, 1.165) is 0 Å². The average molecular weight is 309 g/mol. The first kappa shape index (κ1) is 15.1. The Morgan fingerprint density at radius 2 is 2.05 bits per heavy atom. The number of anilines is 1. The summed E-state index contributed by atoms with van der Waals surface area (Å²) in [4.78, 5) is 11.8. The summed E-state index contributed by atoms with van der Waals surface area (Å²) >= 11 is 5.62. The Bertz CT molecular complexity index is 649. The molecular formula is C15H14ClFN2O2. The van der Waals surface area contributed by atoms with Gasteiger partial charge in [0, 0.05) is 11.8 Å². The standard InChI is InChI=1S/C15H14ClFN2O2/c16-13-6-2-5-12(14(13)17)15(20)19-7-8-21-11-4-1-3-10(18)9-11/h1-6,9H,7-8,18H2,(H,19,20). The molecule has 0 bridgehead atoms. The average Bonchev–Trinajstić information content (AvgIpc) is 2.46. The van der Waals surface area contributed by atoms with Crippen LogP contribution in [-0.2, 0) is 0 Å². The maximum absolute atomic E-state index is 13.6. The van der Waals surface area contributed by atoms with E-state index in [9.17, 15) is 9.18 Å². The third-order valence-corrected chi connectivity index (χ3v) is 3.00. The number of nitrogen functional groups attached to an aromatic ring is 1. The van der Waals surface area contributed by atoms with E-state index in [0.29, 0.717) is 11.4 Å². The molecule has 0 unspecified atom stereocenters. The molecule has 0 aliphatic heterocycles.